The smallest absolute Gasteiger partial charge is 0.335 e. The molecule has 2 aromatic rings. The first-order valence-electron chi connectivity index (χ1n) is 8.15. The van der Waals surface area contributed by atoms with Crippen LogP contribution in [0, 0.1) is 5.41 Å². The SMILES string of the molecule is CC1(C)CC(=O)c2sc(N3CCOc4cc(C(=O)O)ccc43)nc2C1. The molecule has 25 heavy (non-hydrogen) atoms. The molecule has 130 valence electrons. The van der Waals surface area contributed by atoms with E-state index in [1.807, 2.05) is 4.90 Å². The Balaban J connectivity index is 1.73. The van der Waals surface area contributed by atoms with E-state index in [9.17, 15) is 9.59 Å². The Morgan fingerprint density at radius 1 is 1.36 bits per heavy atom. The van der Waals surface area contributed by atoms with Crippen molar-refractivity contribution in [1.82, 2.24) is 4.98 Å². The van der Waals surface area contributed by atoms with Crippen molar-refractivity contribution in [2.45, 2.75) is 26.7 Å². The van der Waals surface area contributed by atoms with Crippen molar-refractivity contribution in [1.29, 1.82) is 0 Å². The molecule has 0 radical (unpaired) electrons. The van der Waals surface area contributed by atoms with Crippen molar-refractivity contribution in [2.24, 2.45) is 5.41 Å². The Morgan fingerprint density at radius 3 is 2.92 bits per heavy atom. The Kier molecular flexibility index (Phi) is 3.57. The van der Waals surface area contributed by atoms with Gasteiger partial charge in [-0.1, -0.05) is 25.2 Å². The van der Waals surface area contributed by atoms with E-state index < -0.39 is 5.97 Å². The van der Waals surface area contributed by atoms with Gasteiger partial charge in [0.1, 0.15) is 12.4 Å². The number of Topliss-reactive ketones (excluding diaryl/α,β-unsaturated/α-hetero) is 1. The molecule has 0 fully saturated rings. The standard InChI is InChI=1S/C18H18N2O4S/c1-18(2)8-11-15(13(21)9-18)25-17(19-11)20-5-6-24-14-7-10(16(22)23)3-4-12(14)20/h3-4,7H,5-6,8-9H2,1-2H3,(H,22,23). The van der Waals surface area contributed by atoms with E-state index in [-0.39, 0.29) is 16.8 Å². The fraction of sp³-hybridized carbons (Fsp3) is 0.389. The summed E-state index contributed by atoms with van der Waals surface area (Å²) in [5.41, 5.74) is 1.79. The number of hydrogen-bond donors (Lipinski definition) is 1. The van der Waals surface area contributed by atoms with Gasteiger partial charge in [-0.2, -0.15) is 0 Å². The first kappa shape index (κ1) is 16.1. The molecule has 1 aliphatic carbocycles. The number of carboxylic acids is 1. The number of rotatable bonds is 2. The molecule has 0 amide bonds. The lowest BCUT2D eigenvalue weighted by molar-refractivity contribution is 0.0696. The van der Waals surface area contributed by atoms with Gasteiger partial charge in [0, 0.05) is 6.42 Å². The second kappa shape index (κ2) is 5.56. The summed E-state index contributed by atoms with van der Waals surface area (Å²) in [5.74, 6) is -0.295. The van der Waals surface area contributed by atoms with Crippen LogP contribution in [0.1, 0.15) is 46.0 Å². The van der Waals surface area contributed by atoms with Gasteiger partial charge in [-0.15, -0.1) is 0 Å². The number of aromatic nitrogens is 1. The van der Waals surface area contributed by atoms with E-state index in [4.69, 9.17) is 14.8 Å². The minimum absolute atomic E-state index is 0.0608. The molecule has 1 aromatic heterocycles. The third-order valence-corrected chi connectivity index (χ3v) is 5.69. The minimum Gasteiger partial charge on any atom is -0.490 e. The molecule has 1 N–H and O–H groups in total. The van der Waals surface area contributed by atoms with Crippen LogP contribution < -0.4 is 9.64 Å². The number of nitrogens with zero attached hydrogens (tertiary/aromatic N) is 2. The zero-order valence-electron chi connectivity index (χ0n) is 14.0. The maximum absolute atomic E-state index is 12.4. The van der Waals surface area contributed by atoms with E-state index >= 15 is 0 Å². The zero-order valence-corrected chi connectivity index (χ0v) is 14.9. The molecule has 0 saturated heterocycles. The first-order chi connectivity index (χ1) is 11.8. The molecule has 0 atom stereocenters. The molecule has 2 aliphatic rings. The number of hydrogen-bond acceptors (Lipinski definition) is 6. The van der Waals surface area contributed by atoms with Gasteiger partial charge in [0.2, 0.25) is 0 Å². The fourth-order valence-electron chi connectivity index (χ4n) is 3.37. The summed E-state index contributed by atoms with van der Waals surface area (Å²) in [6.45, 7) is 5.23. The molecule has 6 nitrogen and oxygen atoms in total. The maximum Gasteiger partial charge on any atom is 0.335 e. The summed E-state index contributed by atoms with van der Waals surface area (Å²) in [6.07, 6.45) is 1.34. The van der Waals surface area contributed by atoms with Gasteiger partial charge in [0.15, 0.2) is 10.9 Å². The van der Waals surface area contributed by atoms with Gasteiger partial charge in [-0.05, 0) is 30.0 Å². The van der Waals surface area contributed by atoms with Crippen LogP contribution in [0.4, 0.5) is 10.8 Å². The van der Waals surface area contributed by atoms with Gasteiger partial charge >= 0.3 is 5.97 Å². The van der Waals surface area contributed by atoms with Crippen LogP contribution in [-0.4, -0.2) is 35.0 Å². The normalized spacial score (nSPS) is 18.3. The molecule has 1 aliphatic heterocycles. The third kappa shape index (κ3) is 2.78. The molecule has 0 bridgehead atoms. The average molecular weight is 358 g/mol. The number of carboxylic acid groups (broad SMARTS) is 1. The molecular weight excluding hydrogens is 340 g/mol. The average Bonchev–Trinajstić information content (AvgIpc) is 2.96. The summed E-state index contributed by atoms with van der Waals surface area (Å²) in [6, 6.07) is 4.83. The Bertz CT molecular complexity index is 887. The van der Waals surface area contributed by atoms with Gasteiger partial charge in [0.05, 0.1) is 28.4 Å². The Labute approximate surface area is 149 Å². The molecule has 0 unspecified atom stereocenters. The van der Waals surface area contributed by atoms with Crippen molar-refractivity contribution in [3.63, 3.8) is 0 Å². The number of fused-ring (bicyclic) bond motifs is 2. The third-order valence-electron chi connectivity index (χ3n) is 4.53. The number of carbonyl (C=O) groups excluding carboxylic acids is 1. The van der Waals surface area contributed by atoms with E-state index in [1.54, 1.807) is 12.1 Å². The highest BCUT2D eigenvalue weighted by atomic mass is 32.1. The summed E-state index contributed by atoms with van der Waals surface area (Å²) in [7, 11) is 0. The monoisotopic (exact) mass is 358 g/mol. The zero-order chi connectivity index (χ0) is 17.8. The Morgan fingerprint density at radius 2 is 2.16 bits per heavy atom. The van der Waals surface area contributed by atoms with Crippen LogP contribution in [0.3, 0.4) is 0 Å². The number of aromatic carboxylic acids is 1. The maximum atomic E-state index is 12.4. The molecule has 7 heteroatoms. The van der Waals surface area contributed by atoms with Crippen molar-refractivity contribution in [3.05, 3.63) is 34.3 Å². The lowest BCUT2D eigenvalue weighted by atomic mass is 9.78. The van der Waals surface area contributed by atoms with E-state index in [2.05, 4.69) is 13.8 Å². The summed E-state index contributed by atoms with van der Waals surface area (Å²) >= 11 is 1.42. The van der Waals surface area contributed by atoms with Crippen LogP contribution in [0.2, 0.25) is 0 Å². The van der Waals surface area contributed by atoms with Gasteiger partial charge in [-0.3, -0.25) is 4.79 Å². The van der Waals surface area contributed by atoms with Crippen LogP contribution >= 0.6 is 11.3 Å². The number of ether oxygens (including phenoxy) is 1. The van der Waals surface area contributed by atoms with Gasteiger partial charge in [-0.25, -0.2) is 9.78 Å². The predicted octanol–water partition coefficient (Wildman–Crippen LogP) is 3.53. The minimum atomic E-state index is -0.985. The number of benzene rings is 1. The lowest BCUT2D eigenvalue weighted by Crippen LogP contribution is -2.28. The van der Waals surface area contributed by atoms with E-state index in [0.717, 1.165) is 27.8 Å². The predicted molar refractivity (Wildman–Crippen MR) is 94.4 cm³/mol. The second-order valence-electron chi connectivity index (χ2n) is 7.20. The topological polar surface area (TPSA) is 79.7 Å². The number of carbonyl (C=O) groups is 2. The van der Waals surface area contributed by atoms with Crippen LogP contribution in [0.15, 0.2) is 18.2 Å². The highest BCUT2D eigenvalue weighted by Gasteiger charge is 2.35. The van der Waals surface area contributed by atoms with Crippen molar-refractivity contribution < 1.29 is 19.4 Å². The molecule has 2 heterocycles. The quantitative estimate of drug-likeness (QED) is 0.885. The van der Waals surface area contributed by atoms with E-state index in [1.165, 1.54) is 17.4 Å². The van der Waals surface area contributed by atoms with Crippen molar-refractivity contribution >= 4 is 33.9 Å². The van der Waals surface area contributed by atoms with Crippen molar-refractivity contribution in [2.75, 3.05) is 18.1 Å². The first-order valence-corrected chi connectivity index (χ1v) is 8.96. The summed E-state index contributed by atoms with van der Waals surface area (Å²) in [4.78, 5) is 31.1. The fourth-order valence-corrected chi connectivity index (χ4v) is 4.43. The lowest BCUT2D eigenvalue weighted by Gasteiger charge is -2.29. The highest BCUT2D eigenvalue weighted by Crippen LogP contribution is 2.43. The molecule has 1 aromatic carbocycles. The number of thiazole rings is 1. The van der Waals surface area contributed by atoms with Crippen LogP contribution in [0.5, 0.6) is 5.75 Å². The molecule has 0 spiro atoms. The van der Waals surface area contributed by atoms with Gasteiger partial charge < -0.3 is 14.7 Å². The second-order valence-corrected chi connectivity index (χ2v) is 8.18. The van der Waals surface area contributed by atoms with Crippen LogP contribution in [0.25, 0.3) is 0 Å². The van der Waals surface area contributed by atoms with Crippen molar-refractivity contribution in [3.8, 4) is 5.75 Å². The number of anilines is 2. The largest absolute Gasteiger partial charge is 0.490 e. The number of ketones is 1. The van der Waals surface area contributed by atoms with E-state index in [0.29, 0.717) is 25.3 Å². The highest BCUT2D eigenvalue weighted by molar-refractivity contribution is 7.17. The summed E-state index contributed by atoms with van der Waals surface area (Å²) < 4.78 is 5.63. The Hall–Kier alpha value is -2.41. The molecular formula is C18H18N2O4S. The molecule has 4 rings (SSSR count). The van der Waals surface area contributed by atoms with Gasteiger partial charge in [0.25, 0.3) is 0 Å². The summed E-state index contributed by atoms with van der Waals surface area (Å²) in [5, 5.41) is 9.91. The molecule has 0 saturated carbocycles. The van der Waals surface area contributed by atoms with Crippen LogP contribution in [-0.2, 0) is 6.42 Å².